The van der Waals surface area contributed by atoms with Crippen LogP contribution in [0.1, 0.15) is 28.9 Å². The standard InChI is InChI=1S/C20H24N2O4/c1-15(23)16-7-9-18(10-8-16)26-14-20(25)22-12-11-21-13-19(24)17-5-3-2-4-6-17/h2-10,19,21,24H,11-14H2,1H3,(H,22,25)/t19-/m0/s1. The molecule has 6 nitrogen and oxygen atoms in total. The zero-order valence-corrected chi connectivity index (χ0v) is 14.8. The van der Waals surface area contributed by atoms with Gasteiger partial charge in [0.05, 0.1) is 6.10 Å². The van der Waals surface area contributed by atoms with Gasteiger partial charge in [0.25, 0.3) is 5.91 Å². The summed E-state index contributed by atoms with van der Waals surface area (Å²) in [4.78, 5) is 22.9. The molecule has 2 aromatic rings. The Morgan fingerprint density at radius 3 is 2.38 bits per heavy atom. The number of ether oxygens (including phenoxy) is 1. The van der Waals surface area contributed by atoms with E-state index in [2.05, 4.69) is 10.6 Å². The highest BCUT2D eigenvalue weighted by Crippen LogP contribution is 2.12. The maximum absolute atomic E-state index is 11.7. The number of nitrogens with one attached hydrogen (secondary N) is 2. The molecule has 0 aliphatic rings. The van der Waals surface area contributed by atoms with Crippen LogP contribution in [0.4, 0.5) is 0 Å². The molecule has 6 heteroatoms. The Morgan fingerprint density at radius 1 is 1.04 bits per heavy atom. The average molecular weight is 356 g/mol. The third-order valence-electron chi connectivity index (χ3n) is 3.78. The summed E-state index contributed by atoms with van der Waals surface area (Å²) in [5.74, 6) is 0.291. The van der Waals surface area contributed by atoms with Gasteiger partial charge in [0.15, 0.2) is 12.4 Å². The van der Waals surface area contributed by atoms with Crippen molar-refractivity contribution >= 4 is 11.7 Å². The van der Waals surface area contributed by atoms with Crippen molar-refractivity contribution in [2.45, 2.75) is 13.0 Å². The number of aliphatic hydroxyl groups is 1. The Morgan fingerprint density at radius 2 is 1.73 bits per heavy atom. The number of benzene rings is 2. The monoisotopic (exact) mass is 356 g/mol. The quantitative estimate of drug-likeness (QED) is 0.446. The van der Waals surface area contributed by atoms with Crippen molar-refractivity contribution in [3.8, 4) is 5.75 Å². The fourth-order valence-corrected chi connectivity index (χ4v) is 2.31. The van der Waals surface area contributed by atoms with E-state index in [0.29, 0.717) is 30.9 Å². The van der Waals surface area contributed by atoms with Gasteiger partial charge in [-0.1, -0.05) is 30.3 Å². The Kier molecular flexibility index (Phi) is 7.79. The van der Waals surface area contributed by atoms with E-state index in [1.165, 1.54) is 6.92 Å². The molecule has 0 bridgehead atoms. The van der Waals surface area contributed by atoms with Gasteiger partial charge in [0, 0.05) is 25.2 Å². The van der Waals surface area contributed by atoms with Crippen molar-refractivity contribution in [2.24, 2.45) is 0 Å². The van der Waals surface area contributed by atoms with Crippen LogP contribution in [0, 0.1) is 0 Å². The minimum Gasteiger partial charge on any atom is -0.484 e. The van der Waals surface area contributed by atoms with E-state index in [0.717, 1.165) is 5.56 Å². The maximum atomic E-state index is 11.7. The smallest absolute Gasteiger partial charge is 0.257 e. The van der Waals surface area contributed by atoms with E-state index in [1.807, 2.05) is 30.3 Å². The number of ketones is 1. The van der Waals surface area contributed by atoms with Crippen LogP contribution < -0.4 is 15.4 Å². The van der Waals surface area contributed by atoms with E-state index < -0.39 is 6.10 Å². The fourth-order valence-electron chi connectivity index (χ4n) is 2.31. The van der Waals surface area contributed by atoms with E-state index in [9.17, 15) is 14.7 Å². The summed E-state index contributed by atoms with van der Waals surface area (Å²) in [6.07, 6.45) is -0.576. The molecule has 1 atom stereocenters. The van der Waals surface area contributed by atoms with E-state index in [-0.39, 0.29) is 18.3 Å². The summed E-state index contributed by atoms with van der Waals surface area (Å²) in [5, 5.41) is 15.8. The van der Waals surface area contributed by atoms with Gasteiger partial charge in [-0.3, -0.25) is 9.59 Å². The molecule has 26 heavy (non-hydrogen) atoms. The van der Waals surface area contributed by atoms with Gasteiger partial charge in [-0.25, -0.2) is 0 Å². The molecule has 0 saturated carbocycles. The molecule has 138 valence electrons. The molecule has 0 aromatic heterocycles. The van der Waals surface area contributed by atoms with Crippen LogP contribution in [-0.4, -0.2) is 43.0 Å². The summed E-state index contributed by atoms with van der Waals surface area (Å²) >= 11 is 0. The average Bonchev–Trinajstić information content (AvgIpc) is 2.67. The second kappa shape index (κ2) is 10.3. The lowest BCUT2D eigenvalue weighted by molar-refractivity contribution is -0.123. The van der Waals surface area contributed by atoms with Gasteiger partial charge in [0.1, 0.15) is 5.75 Å². The van der Waals surface area contributed by atoms with Gasteiger partial charge in [-0.05, 0) is 36.8 Å². The number of rotatable bonds is 10. The van der Waals surface area contributed by atoms with Gasteiger partial charge in [0.2, 0.25) is 0 Å². The number of amides is 1. The first-order valence-electron chi connectivity index (χ1n) is 8.50. The largest absolute Gasteiger partial charge is 0.484 e. The zero-order valence-electron chi connectivity index (χ0n) is 14.8. The minimum atomic E-state index is -0.576. The molecular weight excluding hydrogens is 332 g/mol. The summed E-state index contributed by atoms with van der Waals surface area (Å²) in [6.45, 7) is 2.80. The number of hydrogen-bond acceptors (Lipinski definition) is 5. The number of hydrogen-bond donors (Lipinski definition) is 3. The van der Waals surface area contributed by atoms with Crippen molar-refractivity contribution in [3.63, 3.8) is 0 Å². The van der Waals surface area contributed by atoms with Gasteiger partial charge in [-0.2, -0.15) is 0 Å². The predicted octanol–water partition coefficient (Wildman–Crippen LogP) is 1.71. The van der Waals surface area contributed by atoms with Gasteiger partial charge in [-0.15, -0.1) is 0 Å². The third-order valence-corrected chi connectivity index (χ3v) is 3.78. The van der Waals surface area contributed by atoms with Crippen LogP contribution in [-0.2, 0) is 4.79 Å². The second-order valence-electron chi connectivity index (χ2n) is 5.85. The van der Waals surface area contributed by atoms with Gasteiger partial charge < -0.3 is 20.5 Å². The van der Waals surface area contributed by atoms with E-state index in [4.69, 9.17) is 4.74 Å². The van der Waals surface area contributed by atoms with Crippen LogP contribution >= 0.6 is 0 Å². The molecule has 1 amide bonds. The highest BCUT2D eigenvalue weighted by Gasteiger charge is 2.06. The number of carbonyl (C=O) groups excluding carboxylic acids is 2. The first-order chi connectivity index (χ1) is 12.6. The van der Waals surface area contributed by atoms with E-state index >= 15 is 0 Å². The summed E-state index contributed by atoms with van der Waals surface area (Å²) in [5.41, 5.74) is 1.46. The molecule has 2 rings (SSSR count). The lowest BCUT2D eigenvalue weighted by Crippen LogP contribution is -2.35. The zero-order chi connectivity index (χ0) is 18.8. The van der Waals surface area contributed by atoms with Crippen molar-refractivity contribution in [1.29, 1.82) is 0 Å². The molecule has 0 radical (unpaired) electrons. The number of carbonyl (C=O) groups is 2. The Bertz CT molecular complexity index is 702. The minimum absolute atomic E-state index is 0.0147. The Labute approximate surface area is 153 Å². The molecule has 2 aromatic carbocycles. The Balaban J connectivity index is 1.58. The van der Waals surface area contributed by atoms with Crippen molar-refractivity contribution < 1.29 is 19.4 Å². The highest BCUT2D eigenvalue weighted by atomic mass is 16.5. The normalized spacial score (nSPS) is 11.6. The SMILES string of the molecule is CC(=O)c1ccc(OCC(=O)NCCNC[C@H](O)c2ccccc2)cc1. The number of aliphatic hydroxyl groups excluding tert-OH is 1. The third kappa shape index (κ3) is 6.66. The summed E-state index contributed by atoms with van der Waals surface area (Å²) in [7, 11) is 0. The molecule has 0 aliphatic carbocycles. The summed E-state index contributed by atoms with van der Waals surface area (Å²) in [6, 6.07) is 16.1. The van der Waals surface area contributed by atoms with Gasteiger partial charge >= 0.3 is 0 Å². The molecule has 0 saturated heterocycles. The molecule has 0 spiro atoms. The first kappa shape index (κ1) is 19.6. The lowest BCUT2D eigenvalue weighted by Gasteiger charge is -2.12. The summed E-state index contributed by atoms with van der Waals surface area (Å²) < 4.78 is 5.37. The first-order valence-corrected chi connectivity index (χ1v) is 8.50. The van der Waals surface area contributed by atoms with Crippen molar-refractivity contribution in [1.82, 2.24) is 10.6 Å². The topological polar surface area (TPSA) is 87.7 Å². The fraction of sp³-hybridized carbons (Fsp3) is 0.300. The molecule has 0 heterocycles. The van der Waals surface area contributed by atoms with Crippen LogP contribution in [0.2, 0.25) is 0 Å². The maximum Gasteiger partial charge on any atom is 0.257 e. The highest BCUT2D eigenvalue weighted by molar-refractivity contribution is 5.94. The lowest BCUT2D eigenvalue weighted by atomic mass is 10.1. The van der Waals surface area contributed by atoms with Crippen LogP contribution in [0.5, 0.6) is 5.75 Å². The van der Waals surface area contributed by atoms with Crippen molar-refractivity contribution in [3.05, 3.63) is 65.7 Å². The number of Topliss-reactive ketones (excluding diaryl/α,β-unsaturated/α-hetero) is 1. The molecular formula is C20H24N2O4. The van der Waals surface area contributed by atoms with Crippen LogP contribution in [0.3, 0.4) is 0 Å². The van der Waals surface area contributed by atoms with Crippen LogP contribution in [0.25, 0.3) is 0 Å². The molecule has 0 fully saturated rings. The Hall–Kier alpha value is -2.70. The van der Waals surface area contributed by atoms with Crippen LogP contribution in [0.15, 0.2) is 54.6 Å². The second-order valence-corrected chi connectivity index (χ2v) is 5.85. The molecule has 0 unspecified atom stereocenters. The van der Waals surface area contributed by atoms with E-state index in [1.54, 1.807) is 24.3 Å². The molecule has 3 N–H and O–H groups in total. The molecule has 0 aliphatic heterocycles. The van der Waals surface area contributed by atoms with Crippen molar-refractivity contribution in [2.75, 3.05) is 26.2 Å². The predicted molar refractivity (Wildman–Crippen MR) is 99.2 cm³/mol.